The van der Waals surface area contributed by atoms with Crippen LogP contribution in [0.4, 0.5) is 0 Å². The Morgan fingerprint density at radius 3 is 1.70 bits per heavy atom. The summed E-state index contributed by atoms with van der Waals surface area (Å²) in [6, 6.07) is 0. The molecule has 0 bridgehead atoms. The summed E-state index contributed by atoms with van der Waals surface area (Å²) in [7, 11) is -2.64. The Hall–Kier alpha value is 0.150. The molecule has 1 atom stereocenters. The van der Waals surface area contributed by atoms with E-state index < -0.39 is 8.25 Å². The summed E-state index contributed by atoms with van der Waals surface area (Å²) in [6.45, 7) is 6.34. The maximum absolute atomic E-state index is 9.56. The molecule has 0 amide bonds. The number of rotatable bonds is 3. The average Bonchev–Trinajstić information content (AvgIpc) is 1.89. The monoisotopic (exact) mass is 168 g/mol. The number of hydrogen-bond donors (Lipinski definition) is 1. The van der Waals surface area contributed by atoms with E-state index in [0.717, 1.165) is 0 Å². The molecule has 0 aromatic carbocycles. The molecule has 0 aromatic heterocycles. The fourth-order valence-corrected chi connectivity index (χ4v) is 0.370. The van der Waals surface area contributed by atoms with Crippen LogP contribution in [0, 0.1) is 0 Å². The zero-order valence-electron chi connectivity index (χ0n) is 6.89. The molecule has 1 N–H and O–H groups in total. The van der Waals surface area contributed by atoms with Crippen LogP contribution < -0.4 is 0 Å². The summed E-state index contributed by atoms with van der Waals surface area (Å²) in [5.41, 5.74) is 0. The molecular formula is C6H17O3P. The number of hydrogen-bond acceptors (Lipinski definition) is 2. The Kier molecular flexibility index (Phi) is 15.2. The van der Waals surface area contributed by atoms with Crippen molar-refractivity contribution in [1.82, 2.24) is 0 Å². The lowest BCUT2D eigenvalue weighted by Gasteiger charge is -1.86. The standard InChI is InChI=1S/C4H10.C2H7O3P/c1-3-4-2;1-2-5-6(3)4/h3-4H2,1-2H3;6H,2H2,1H3,(H,3,4). The smallest absolute Gasteiger partial charge is 0.316 e. The van der Waals surface area contributed by atoms with Gasteiger partial charge in [-0.05, 0) is 6.92 Å². The fraction of sp³-hybridized carbons (Fsp3) is 1.00. The molecule has 0 heterocycles. The van der Waals surface area contributed by atoms with Gasteiger partial charge < -0.3 is 9.42 Å². The molecular weight excluding hydrogens is 151 g/mol. The largest absolute Gasteiger partial charge is 0.326 e. The van der Waals surface area contributed by atoms with Gasteiger partial charge in [-0.2, -0.15) is 0 Å². The maximum atomic E-state index is 9.56. The second-order valence-corrected chi connectivity index (χ2v) is 2.52. The van der Waals surface area contributed by atoms with Gasteiger partial charge in [0.2, 0.25) is 0 Å². The van der Waals surface area contributed by atoms with Crippen molar-refractivity contribution in [3.63, 3.8) is 0 Å². The van der Waals surface area contributed by atoms with E-state index in [0.29, 0.717) is 6.61 Å². The Balaban J connectivity index is 0. The lowest BCUT2D eigenvalue weighted by Crippen LogP contribution is -1.72. The van der Waals surface area contributed by atoms with E-state index in [-0.39, 0.29) is 0 Å². The molecule has 4 heteroatoms. The molecule has 64 valence electrons. The van der Waals surface area contributed by atoms with Crippen LogP contribution in [0.25, 0.3) is 0 Å². The minimum absolute atomic E-state index is 0.314. The minimum atomic E-state index is -2.64. The van der Waals surface area contributed by atoms with Crippen molar-refractivity contribution < 1.29 is 14.0 Å². The van der Waals surface area contributed by atoms with Gasteiger partial charge in [0.15, 0.2) is 0 Å². The fourth-order valence-electron chi connectivity index (χ4n) is 0.123. The van der Waals surface area contributed by atoms with Crippen LogP contribution in [0.3, 0.4) is 0 Å². The first-order valence-corrected chi connectivity index (χ1v) is 4.81. The van der Waals surface area contributed by atoms with Crippen molar-refractivity contribution in [2.24, 2.45) is 0 Å². The molecule has 0 fully saturated rings. The molecule has 0 radical (unpaired) electrons. The van der Waals surface area contributed by atoms with Crippen molar-refractivity contribution >= 4 is 8.25 Å². The third-order valence-corrected chi connectivity index (χ3v) is 1.30. The molecule has 0 aliphatic carbocycles. The quantitative estimate of drug-likeness (QED) is 0.657. The van der Waals surface area contributed by atoms with Gasteiger partial charge >= 0.3 is 8.25 Å². The van der Waals surface area contributed by atoms with Gasteiger partial charge in [-0.3, -0.25) is 4.57 Å². The molecule has 0 aromatic rings. The van der Waals surface area contributed by atoms with Crippen molar-refractivity contribution in [1.29, 1.82) is 0 Å². The summed E-state index contributed by atoms with van der Waals surface area (Å²) in [6.07, 6.45) is 2.64. The van der Waals surface area contributed by atoms with Crippen LogP contribution in [0.1, 0.15) is 33.6 Å². The summed E-state index contributed by atoms with van der Waals surface area (Å²) < 4.78 is 13.7. The van der Waals surface area contributed by atoms with Gasteiger partial charge in [-0.25, -0.2) is 0 Å². The summed E-state index contributed by atoms with van der Waals surface area (Å²) >= 11 is 0. The van der Waals surface area contributed by atoms with Crippen LogP contribution in [0.5, 0.6) is 0 Å². The lowest BCUT2D eigenvalue weighted by atomic mass is 10.4. The van der Waals surface area contributed by atoms with Gasteiger partial charge in [-0.15, -0.1) is 0 Å². The van der Waals surface area contributed by atoms with Crippen LogP contribution in [0.2, 0.25) is 0 Å². The van der Waals surface area contributed by atoms with E-state index in [2.05, 4.69) is 18.4 Å². The Morgan fingerprint density at radius 1 is 1.30 bits per heavy atom. The van der Waals surface area contributed by atoms with E-state index in [1.165, 1.54) is 12.8 Å². The van der Waals surface area contributed by atoms with Gasteiger partial charge in [-0.1, -0.05) is 26.7 Å². The summed E-state index contributed by atoms with van der Waals surface area (Å²) in [5.74, 6) is 0. The van der Waals surface area contributed by atoms with E-state index in [1.807, 2.05) is 0 Å². The third-order valence-electron chi connectivity index (χ3n) is 0.768. The topological polar surface area (TPSA) is 46.5 Å². The number of unbranched alkanes of at least 4 members (excludes halogenated alkanes) is 1. The second-order valence-electron chi connectivity index (χ2n) is 1.70. The highest BCUT2D eigenvalue weighted by atomic mass is 31.1. The summed E-state index contributed by atoms with van der Waals surface area (Å²) in [5, 5.41) is 0. The Labute approximate surface area is 63.4 Å². The van der Waals surface area contributed by atoms with Crippen molar-refractivity contribution in [2.45, 2.75) is 33.6 Å². The highest BCUT2D eigenvalue weighted by Crippen LogP contribution is 2.12. The van der Waals surface area contributed by atoms with Gasteiger partial charge in [0.25, 0.3) is 0 Å². The first-order chi connectivity index (χ1) is 4.68. The maximum Gasteiger partial charge on any atom is 0.316 e. The lowest BCUT2D eigenvalue weighted by molar-refractivity contribution is 0.297. The molecule has 1 unspecified atom stereocenters. The van der Waals surface area contributed by atoms with Crippen LogP contribution in [0.15, 0.2) is 0 Å². The first-order valence-electron chi connectivity index (χ1n) is 3.54. The highest BCUT2D eigenvalue weighted by Gasteiger charge is 1.81. The molecule has 0 saturated heterocycles. The zero-order valence-corrected chi connectivity index (χ0v) is 7.89. The Bertz CT molecular complexity index is 73.4. The summed E-state index contributed by atoms with van der Waals surface area (Å²) in [4.78, 5) is 7.88. The normalized spacial score (nSPS) is 11.6. The van der Waals surface area contributed by atoms with Gasteiger partial charge in [0.05, 0.1) is 6.61 Å². The predicted octanol–water partition coefficient (Wildman–Crippen LogP) is 2.21. The van der Waals surface area contributed by atoms with Gasteiger partial charge in [0.1, 0.15) is 0 Å². The second kappa shape index (κ2) is 11.9. The van der Waals surface area contributed by atoms with E-state index in [4.69, 9.17) is 4.89 Å². The predicted molar refractivity (Wildman–Crippen MR) is 43.4 cm³/mol. The average molecular weight is 168 g/mol. The SMILES string of the molecule is CCCC.CCO[PH](=O)O. The first kappa shape index (κ1) is 12.8. The molecule has 10 heavy (non-hydrogen) atoms. The van der Waals surface area contributed by atoms with Crippen molar-refractivity contribution in [2.75, 3.05) is 6.61 Å². The van der Waals surface area contributed by atoms with Crippen LogP contribution in [-0.2, 0) is 9.09 Å². The highest BCUT2D eigenvalue weighted by molar-refractivity contribution is 7.32. The molecule has 0 saturated carbocycles. The van der Waals surface area contributed by atoms with E-state index in [1.54, 1.807) is 6.92 Å². The molecule has 0 rings (SSSR count). The van der Waals surface area contributed by atoms with Gasteiger partial charge in [0, 0.05) is 0 Å². The van der Waals surface area contributed by atoms with E-state index >= 15 is 0 Å². The molecule has 3 nitrogen and oxygen atoms in total. The van der Waals surface area contributed by atoms with Crippen molar-refractivity contribution in [3.05, 3.63) is 0 Å². The minimum Gasteiger partial charge on any atom is -0.326 e. The molecule has 0 aliphatic rings. The molecule has 0 spiro atoms. The Morgan fingerprint density at radius 2 is 1.70 bits per heavy atom. The molecule has 0 aliphatic heterocycles. The van der Waals surface area contributed by atoms with Crippen molar-refractivity contribution in [3.8, 4) is 0 Å². The third kappa shape index (κ3) is 24.2. The zero-order chi connectivity index (χ0) is 8.41. The van der Waals surface area contributed by atoms with Crippen LogP contribution >= 0.6 is 8.25 Å². The van der Waals surface area contributed by atoms with E-state index in [9.17, 15) is 4.57 Å². The van der Waals surface area contributed by atoms with Crippen LogP contribution in [-0.4, -0.2) is 11.5 Å².